The Morgan fingerprint density at radius 2 is 1.14 bits per heavy atom. The van der Waals surface area contributed by atoms with Gasteiger partial charge in [0.1, 0.15) is 0 Å². The highest BCUT2D eigenvalue weighted by Gasteiger charge is 2.21. The van der Waals surface area contributed by atoms with Crippen molar-refractivity contribution >= 4 is 44.3 Å². The monoisotopic (exact) mass is 490 g/mol. The van der Waals surface area contributed by atoms with Crippen molar-refractivity contribution in [1.82, 2.24) is 0 Å². The minimum absolute atomic E-state index is 0.229. The summed E-state index contributed by atoms with van der Waals surface area (Å²) in [5.74, 6) is 0. The maximum Gasteiger partial charge on any atom is 0.0883 e. The van der Waals surface area contributed by atoms with Gasteiger partial charge in [0.25, 0.3) is 0 Å². The third-order valence-corrected chi connectivity index (χ3v) is 7.43. The lowest BCUT2D eigenvalue weighted by Gasteiger charge is -2.25. The summed E-state index contributed by atoms with van der Waals surface area (Å²) in [5.41, 5.74) is 0. The quantitative estimate of drug-likeness (QED) is 0.112. The van der Waals surface area contributed by atoms with Crippen LogP contribution in [0.15, 0.2) is 0 Å². The lowest BCUT2D eigenvalue weighted by Crippen LogP contribution is -2.27. The maximum atomic E-state index is 5.96. The van der Waals surface area contributed by atoms with E-state index in [0.717, 1.165) is 19.3 Å². The van der Waals surface area contributed by atoms with E-state index in [1.165, 1.54) is 77.0 Å². The summed E-state index contributed by atoms with van der Waals surface area (Å²) in [6.45, 7) is 4.46. The Balaban J connectivity index is 3.62. The van der Waals surface area contributed by atoms with Crippen LogP contribution in [0.4, 0.5) is 0 Å². The topological polar surface area (TPSA) is 27.7 Å². The summed E-state index contributed by atoms with van der Waals surface area (Å²) in [4.78, 5) is 0. The van der Waals surface area contributed by atoms with Gasteiger partial charge in [-0.3, -0.25) is 0 Å². The standard InChI is InChI=1S/C20H47O3P5/c1-3-5-16-19(21-24)20(23-28-26)17-14-12-10-8-6-7-9-11-13-15-18(4-2)22-27-25/h18-20,27-28H,3-17,24-26H2,1-2H3. The SMILES string of the molecule is CCCCC(OP)C(CCCCCCCCCCCC(CC)OPP)OPP. The zero-order valence-electron chi connectivity index (χ0n) is 18.3. The molecule has 0 spiro atoms. The molecule has 0 aliphatic carbocycles. The van der Waals surface area contributed by atoms with Gasteiger partial charge in [0.15, 0.2) is 0 Å². The molecular weight excluding hydrogens is 443 g/mol. The highest BCUT2D eigenvalue weighted by atomic mass is 32.0. The fraction of sp³-hybridized carbons (Fsp3) is 1.00. The Morgan fingerprint density at radius 1 is 0.643 bits per heavy atom. The Morgan fingerprint density at radius 3 is 1.61 bits per heavy atom. The van der Waals surface area contributed by atoms with Gasteiger partial charge in [-0.2, -0.15) is 0 Å². The van der Waals surface area contributed by atoms with Crippen molar-refractivity contribution in [2.75, 3.05) is 0 Å². The molecule has 0 aromatic carbocycles. The molecule has 0 aliphatic rings. The van der Waals surface area contributed by atoms with Crippen molar-refractivity contribution in [3.05, 3.63) is 0 Å². The Labute approximate surface area is 186 Å². The minimum atomic E-state index is 0.229. The molecule has 8 atom stereocenters. The van der Waals surface area contributed by atoms with Crippen LogP contribution in [0.25, 0.3) is 0 Å². The Kier molecular flexibility index (Phi) is 25.4. The van der Waals surface area contributed by atoms with Gasteiger partial charge in [0, 0.05) is 26.5 Å². The Hall–Kier alpha value is 2.03. The zero-order chi connectivity index (χ0) is 20.9. The van der Waals surface area contributed by atoms with E-state index < -0.39 is 0 Å². The van der Waals surface area contributed by atoms with Crippen LogP contribution in [0.5, 0.6) is 0 Å². The molecule has 0 rings (SSSR count). The molecule has 0 aromatic rings. The average Bonchev–Trinajstić information content (AvgIpc) is 2.71. The molecule has 3 nitrogen and oxygen atoms in total. The van der Waals surface area contributed by atoms with Crippen molar-refractivity contribution < 1.29 is 13.6 Å². The van der Waals surface area contributed by atoms with E-state index in [-0.39, 0.29) is 12.2 Å². The molecule has 0 aromatic heterocycles. The summed E-state index contributed by atoms with van der Waals surface area (Å²) in [5, 5.41) is 0. The highest BCUT2D eigenvalue weighted by Crippen LogP contribution is 2.31. The summed E-state index contributed by atoms with van der Waals surface area (Å²) >= 11 is 0. The van der Waals surface area contributed by atoms with E-state index in [1.807, 2.05) is 0 Å². The van der Waals surface area contributed by atoms with Gasteiger partial charge in [-0.25, -0.2) is 0 Å². The second-order valence-corrected chi connectivity index (χ2v) is 10.2. The lowest BCUT2D eigenvalue weighted by molar-refractivity contribution is 0.0655. The van der Waals surface area contributed by atoms with E-state index in [4.69, 9.17) is 13.6 Å². The molecule has 0 saturated carbocycles. The van der Waals surface area contributed by atoms with E-state index in [9.17, 15) is 0 Å². The molecule has 28 heavy (non-hydrogen) atoms. The molecule has 0 heterocycles. The largest absolute Gasteiger partial charge is 0.360 e. The molecule has 0 aliphatic heterocycles. The predicted octanol–water partition coefficient (Wildman–Crippen LogP) is 8.59. The van der Waals surface area contributed by atoms with Crippen molar-refractivity contribution in [1.29, 1.82) is 0 Å². The van der Waals surface area contributed by atoms with E-state index in [1.54, 1.807) is 0 Å². The minimum Gasteiger partial charge on any atom is -0.360 e. The van der Waals surface area contributed by atoms with Crippen molar-refractivity contribution in [2.45, 2.75) is 128 Å². The van der Waals surface area contributed by atoms with Crippen LogP contribution in [0.3, 0.4) is 0 Å². The van der Waals surface area contributed by atoms with Crippen molar-refractivity contribution in [3.63, 3.8) is 0 Å². The average molecular weight is 490 g/mol. The van der Waals surface area contributed by atoms with Crippen LogP contribution in [-0.2, 0) is 13.6 Å². The Bertz CT molecular complexity index is 314. The number of hydrogen-bond acceptors (Lipinski definition) is 3. The van der Waals surface area contributed by atoms with E-state index in [2.05, 4.69) is 41.2 Å². The first-order valence-corrected chi connectivity index (χ1v) is 17.2. The van der Waals surface area contributed by atoms with Crippen LogP contribution in [-0.4, -0.2) is 18.3 Å². The first kappa shape index (κ1) is 30.0. The zero-order valence-corrected chi connectivity index (χ0v) is 23.8. The molecular formula is C20H47O3P5. The van der Waals surface area contributed by atoms with Gasteiger partial charge in [0.2, 0.25) is 0 Å². The smallest absolute Gasteiger partial charge is 0.0883 e. The molecule has 0 N–H and O–H groups in total. The highest BCUT2D eigenvalue weighted by molar-refractivity contribution is 8.00. The predicted molar refractivity (Wildman–Crippen MR) is 141 cm³/mol. The molecule has 8 unspecified atom stereocenters. The first-order chi connectivity index (χ1) is 13.7. The fourth-order valence-electron chi connectivity index (χ4n) is 3.55. The summed E-state index contributed by atoms with van der Waals surface area (Å²) in [7, 11) is 8.86. The number of rotatable bonds is 22. The summed E-state index contributed by atoms with van der Waals surface area (Å²) in [6.07, 6.45) is 20.2. The van der Waals surface area contributed by atoms with Crippen molar-refractivity contribution in [3.8, 4) is 0 Å². The molecule has 0 amide bonds. The first-order valence-electron chi connectivity index (χ1n) is 11.3. The van der Waals surface area contributed by atoms with Crippen LogP contribution in [0.1, 0.15) is 110 Å². The van der Waals surface area contributed by atoms with Gasteiger partial charge in [-0.05, 0) is 25.7 Å². The second kappa shape index (κ2) is 23.7. The van der Waals surface area contributed by atoms with Gasteiger partial charge >= 0.3 is 0 Å². The number of unbranched alkanes of at least 4 members (excludes halogenated alkanes) is 9. The van der Waals surface area contributed by atoms with Crippen LogP contribution in [0.2, 0.25) is 0 Å². The number of hydrogen-bond donors (Lipinski definition) is 0. The molecule has 8 heteroatoms. The molecule has 170 valence electrons. The third-order valence-electron chi connectivity index (χ3n) is 5.36. The molecule has 0 radical (unpaired) electrons. The van der Waals surface area contributed by atoms with E-state index >= 15 is 0 Å². The van der Waals surface area contributed by atoms with Crippen molar-refractivity contribution in [2.24, 2.45) is 0 Å². The maximum absolute atomic E-state index is 5.96. The second-order valence-electron chi connectivity index (χ2n) is 7.62. The van der Waals surface area contributed by atoms with Gasteiger partial charge < -0.3 is 13.6 Å². The van der Waals surface area contributed by atoms with E-state index in [0.29, 0.717) is 23.1 Å². The summed E-state index contributed by atoms with van der Waals surface area (Å²) in [6, 6.07) is 0. The molecule has 0 fully saturated rings. The van der Waals surface area contributed by atoms with Crippen LogP contribution in [0, 0.1) is 0 Å². The molecule has 0 saturated heterocycles. The van der Waals surface area contributed by atoms with Crippen LogP contribution < -0.4 is 0 Å². The van der Waals surface area contributed by atoms with Gasteiger partial charge in [0.05, 0.1) is 18.3 Å². The molecule has 0 bridgehead atoms. The van der Waals surface area contributed by atoms with Gasteiger partial charge in [-0.15, -0.1) is 0 Å². The normalized spacial score (nSPS) is 15.8. The van der Waals surface area contributed by atoms with Gasteiger partial charge in [-0.1, -0.05) is 102 Å². The third kappa shape index (κ3) is 17.7. The summed E-state index contributed by atoms with van der Waals surface area (Å²) < 4.78 is 17.3. The van der Waals surface area contributed by atoms with Crippen LogP contribution >= 0.6 is 44.3 Å². The lowest BCUT2D eigenvalue weighted by atomic mass is 10.0. The fourth-order valence-corrected chi connectivity index (χ4v) is 5.89.